The van der Waals surface area contributed by atoms with E-state index in [4.69, 9.17) is 0 Å². The van der Waals surface area contributed by atoms with Crippen LogP contribution >= 0.6 is 11.3 Å². The van der Waals surface area contributed by atoms with Gasteiger partial charge in [-0.1, -0.05) is 146 Å². The van der Waals surface area contributed by atoms with Crippen LogP contribution in [0.2, 0.25) is 0 Å². The third-order valence-corrected chi connectivity index (χ3v) is 13.1. The third-order valence-electron chi connectivity index (χ3n) is 12.0. The fourth-order valence-corrected chi connectivity index (χ4v) is 10.3. The highest BCUT2D eigenvalue weighted by atomic mass is 32.1. The van der Waals surface area contributed by atoms with Gasteiger partial charge in [0.2, 0.25) is 0 Å². The molecule has 0 saturated heterocycles. The molecular formula is C56H36N2S. The number of nitrogens with zero attached hydrogens (tertiary/aromatic N) is 2. The molecule has 2 heterocycles. The summed E-state index contributed by atoms with van der Waals surface area (Å²) >= 11 is 1.86. The van der Waals surface area contributed by atoms with Gasteiger partial charge in [0.25, 0.3) is 0 Å². The Balaban J connectivity index is 0.944. The van der Waals surface area contributed by atoms with E-state index >= 15 is 0 Å². The van der Waals surface area contributed by atoms with Crippen LogP contribution in [0.25, 0.3) is 91.5 Å². The molecule has 12 rings (SSSR count). The van der Waals surface area contributed by atoms with E-state index in [2.05, 4.69) is 228 Å². The van der Waals surface area contributed by atoms with E-state index in [0.29, 0.717) is 0 Å². The van der Waals surface area contributed by atoms with E-state index in [1.807, 2.05) is 11.3 Å². The largest absolute Gasteiger partial charge is 0.310 e. The normalized spacial score (nSPS) is 11.7. The van der Waals surface area contributed by atoms with E-state index in [1.54, 1.807) is 0 Å². The second-order valence-electron chi connectivity index (χ2n) is 15.3. The molecule has 0 atom stereocenters. The van der Waals surface area contributed by atoms with Crippen molar-refractivity contribution in [3.05, 3.63) is 218 Å². The van der Waals surface area contributed by atoms with Crippen molar-refractivity contribution in [2.45, 2.75) is 0 Å². The van der Waals surface area contributed by atoms with Crippen molar-refractivity contribution < 1.29 is 0 Å². The van der Waals surface area contributed by atoms with Gasteiger partial charge >= 0.3 is 0 Å². The van der Waals surface area contributed by atoms with Gasteiger partial charge in [-0.05, 0) is 117 Å². The van der Waals surface area contributed by atoms with Crippen LogP contribution in [0.5, 0.6) is 0 Å². The van der Waals surface area contributed by atoms with Gasteiger partial charge < -0.3 is 9.47 Å². The fraction of sp³-hybridized carbons (Fsp3) is 0. The molecule has 0 saturated carbocycles. The monoisotopic (exact) mass is 768 g/mol. The molecule has 3 heteroatoms. The van der Waals surface area contributed by atoms with Crippen molar-refractivity contribution in [1.29, 1.82) is 0 Å². The number of hydrogen-bond donors (Lipinski definition) is 0. The summed E-state index contributed by atoms with van der Waals surface area (Å²) in [7, 11) is 0. The Morgan fingerprint density at radius 1 is 0.356 bits per heavy atom. The lowest BCUT2D eigenvalue weighted by molar-refractivity contribution is 1.18. The first-order valence-electron chi connectivity index (χ1n) is 20.2. The second kappa shape index (κ2) is 13.6. The SMILES string of the molecule is c1ccc2cc3c(cc2c1)c1ccccc1n3-c1ccc(-c2ccc(N(c3ccc(-c4cccc5ccccc45)cc3)c3cccc4sc5ccccc5c34)cc2)cc1. The number of aromatic nitrogens is 1. The molecule has 0 radical (unpaired) electrons. The van der Waals surface area contributed by atoms with E-state index in [9.17, 15) is 0 Å². The van der Waals surface area contributed by atoms with Crippen molar-refractivity contribution in [1.82, 2.24) is 4.57 Å². The standard InChI is InChI=1S/C56H36N2S/c1-2-13-42-36-53-50(35-41(42)12-1)48-16-5-7-19-51(48)58(53)45-31-25-38(26-32-45)37-23-29-43(30-24-37)57(52-20-10-22-55-56(52)49-17-6-8-21-54(49)59-55)44-33-27-40(28-34-44)47-18-9-14-39-11-3-4-15-46(39)47/h1-36H. The van der Waals surface area contributed by atoms with Gasteiger partial charge in [0.1, 0.15) is 0 Å². The first-order valence-corrected chi connectivity index (χ1v) is 21.0. The average molecular weight is 769 g/mol. The Kier molecular flexibility index (Phi) is 7.75. The highest BCUT2D eigenvalue weighted by Crippen LogP contribution is 2.45. The highest BCUT2D eigenvalue weighted by molar-refractivity contribution is 7.26. The first kappa shape index (κ1) is 33.7. The van der Waals surface area contributed by atoms with Crippen LogP contribution in [-0.4, -0.2) is 4.57 Å². The number of fused-ring (bicyclic) bond motifs is 8. The predicted molar refractivity (Wildman–Crippen MR) is 254 cm³/mol. The summed E-state index contributed by atoms with van der Waals surface area (Å²) in [4.78, 5) is 2.42. The molecule has 0 bridgehead atoms. The van der Waals surface area contributed by atoms with E-state index in [0.717, 1.165) is 17.1 Å². The van der Waals surface area contributed by atoms with Gasteiger partial charge in [0, 0.05) is 48.0 Å². The minimum absolute atomic E-state index is 1.11. The molecule has 0 unspecified atom stereocenters. The van der Waals surface area contributed by atoms with Crippen molar-refractivity contribution in [2.24, 2.45) is 0 Å². The number of para-hydroxylation sites is 1. The number of hydrogen-bond acceptors (Lipinski definition) is 2. The number of rotatable bonds is 6. The fourth-order valence-electron chi connectivity index (χ4n) is 9.18. The molecule has 0 spiro atoms. The quantitative estimate of drug-likeness (QED) is 0.164. The molecule has 2 nitrogen and oxygen atoms in total. The molecule has 0 aliphatic carbocycles. The van der Waals surface area contributed by atoms with E-state index in [1.165, 1.54) is 91.5 Å². The zero-order valence-corrected chi connectivity index (χ0v) is 32.9. The highest BCUT2D eigenvalue weighted by Gasteiger charge is 2.19. The Labute approximate surface area is 346 Å². The Morgan fingerprint density at radius 3 is 1.68 bits per heavy atom. The number of anilines is 3. The smallest absolute Gasteiger partial charge is 0.0554 e. The van der Waals surface area contributed by atoms with Crippen molar-refractivity contribution >= 4 is 91.9 Å². The molecule has 276 valence electrons. The van der Waals surface area contributed by atoms with Gasteiger partial charge in [0.15, 0.2) is 0 Å². The number of thiophene rings is 1. The second-order valence-corrected chi connectivity index (χ2v) is 16.4. The topological polar surface area (TPSA) is 8.17 Å². The average Bonchev–Trinajstić information content (AvgIpc) is 3.84. The molecule has 2 aromatic heterocycles. The minimum Gasteiger partial charge on any atom is -0.310 e. The van der Waals surface area contributed by atoms with Crippen LogP contribution < -0.4 is 4.90 Å². The molecule has 0 fully saturated rings. The van der Waals surface area contributed by atoms with Gasteiger partial charge in [-0.15, -0.1) is 11.3 Å². The summed E-state index contributed by atoms with van der Waals surface area (Å²) in [6.45, 7) is 0. The van der Waals surface area contributed by atoms with Crippen molar-refractivity contribution in [3.63, 3.8) is 0 Å². The van der Waals surface area contributed by atoms with Gasteiger partial charge in [-0.2, -0.15) is 0 Å². The molecule has 59 heavy (non-hydrogen) atoms. The summed E-state index contributed by atoms with van der Waals surface area (Å²) in [6.07, 6.45) is 0. The van der Waals surface area contributed by atoms with Crippen LogP contribution in [0.15, 0.2) is 218 Å². The van der Waals surface area contributed by atoms with Crippen molar-refractivity contribution in [2.75, 3.05) is 4.90 Å². The number of benzene rings is 10. The maximum atomic E-state index is 2.42. The molecule has 10 aromatic carbocycles. The van der Waals surface area contributed by atoms with E-state index < -0.39 is 0 Å². The summed E-state index contributed by atoms with van der Waals surface area (Å²) in [5.74, 6) is 0. The lowest BCUT2D eigenvalue weighted by atomic mass is 9.98. The third kappa shape index (κ3) is 5.55. The maximum Gasteiger partial charge on any atom is 0.0554 e. The molecule has 0 aliphatic rings. The first-order chi connectivity index (χ1) is 29.2. The summed E-state index contributed by atoms with van der Waals surface area (Å²) in [6, 6.07) is 79.9. The van der Waals surface area contributed by atoms with Gasteiger partial charge in [0.05, 0.1) is 16.7 Å². The zero-order chi connectivity index (χ0) is 38.9. The van der Waals surface area contributed by atoms with Crippen LogP contribution in [0.4, 0.5) is 17.1 Å². The Morgan fingerprint density at radius 2 is 0.915 bits per heavy atom. The molecule has 0 aliphatic heterocycles. The Bertz CT molecular complexity index is 3530. The summed E-state index contributed by atoms with van der Waals surface area (Å²) in [5, 5.41) is 10.1. The van der Waals surface area contributed by atoms with Gasteiger partial charge in [-0.25, -0.2) is 0 Å². The summed E-state index contributed by atoms with van der Waals surface area (Å²) in [5.41, 5.74) is 11.8. The minimum atomic E-state index is 1.11. The lowest BCUT2D eigenvalue weighted by Gasteiger charge is -2.27. The van der Waals surface area contributed by atoms with Crippen LogP contribution in [-0.2, 0) is 0 Å². The summed E-state index contributed by atoms with van der Waals surface area (Å²) < 4.78 is 4.99. The molecule has 12 aromatic rings. The lowest BCUT2D eigenvalue weighted by Crippen LogP contribution is -2.10. The van der Waals surface area contributed by atoms with Gasteiger partial charge in [-0.3, -0.25) is 0 Å². The molecule has 0 amide bonds. The molecule has 0 N–H and O–H groups in total. The molecular weight excluding hydrogens is 733 g/mol. The maximum absolute atomic E-state index is 2.42. The van der Waals surface area contributed by atoms with Crippen molar-refractivity contribution in [3.8, 4) is 27.9 Å². The van der Waals surface area contributed by atoms with E-state index in [-0.39, 0.29) is 0 Å². The predicted octanol–water partition coefficient (Wildman–Crippen LogP) is 16.3. The Hall–Kier alpha value is -7.46. The van der Waals surface area contributed by atoms with Crippen LogP contribution in [0, 0.1) is 0 Å². The van der Waals surface area contributed by atoms with Crippen LogP contribution in [0.3, 0.4) is 0 Å². The zero-order valence-electron chi connectivity index (χ0n) is 32.1. The van der Waals surface area contributed by atoms with Crippen LogP contribution in [0.1, 0.15) is 0 Å².